The Morgan fingerprint density at radius 1 is 1.31 bits per heavy atom. The molecule has 0 N–H and O–H groups in total. The molecule has 2 aromatic rings. The molecule has 1 heterocycles. The van der Waals surface area contributed by atoms with Crippen molar-refractivity contribution in [3.05, 3.63) is 47.4 Å². The van der Waals surface area contributed by atoms with E-state index in [1.54, 1.807) is 25.7 Å². The Morgan fingerprint density at radius 3 is 2.88 bits per heavy atom. The zero-order chi connectivity index (χ0) is 11.4. The van der Waals surface area contributed by atoms with Gasteiger partial charge in [-0.15, -0.1) is 0 Å². The Bertz CT molecular complexity index is 474. The number of methoxy groups -OCH3 is 1. The molecule has 0 aliphatic carbocycles. The van der Waals surface area contributed by atoms with Crippen LogP contribution in [0.4, 0.5) is 0 Å². The normalized spacial score (nSPS) is 10.4. The second-order valence-corrected chi connectivity index (χ2v) is 3.74. The molecule has 0 bridgehead atoms. The molecule has 82 valence electrons. The summed E-state index contributed by atoms with van der Waals surface area (Å²) >= 11 is 6.05. The van der Waals surface area contributed by atoms with Crippen LogP contribution in [0.2, 0.25) is 5.02 Å². The molecule has 3 nitrogen and oxygen atoms in total. The van der Waals surface area contributed by atoms with Gasteiger partial charge in [-0.05, 0) is 17.7 Å². The van der Waals surface area contributed by atoms with Gasteiger partial charge in [-0.25, -0.2) is 0 Å². The van der Waals surface area contributed by atoms with Gasteiger partial charge in [0.05, 0.1) is 18.5 Å². The minimum atomic E-state index is 0.493. The van der Waals surface area contributed by atoms with E-state index in [0.29, 0.717) is 11.6 Å². The van der Waals surface area contributed by atoms with E-state index in [9.17, 15) is 0 Å². The quantitative estimate of drug-likeness (QED) is 0.819. The number of benzene rings is 1. The lowest BCUT2D eigenvalue weighted by atomic mass is 10.1. The summed E-state index contributed by atoms with van der Waals surface area (Å²) in [6.45, 7) is 0.493. The fourth-order valence-electron chi connectivity index (χ4n) is 1.45. The Labute approximate surface area is 99.1 Å². The predicted octanol–water partition coefficient (Wildman–Crippen LogP) is 2.94. The molecule has 0 aliphatic rings. The third kappa shape index (κ3) is 2.38. The molecule has 0 atom stereocenters. The van der Waals surface area contributed by atoms with Crippen molar-refractivity contribution >= 4 is 11.6 Å². The molecule has 1 aromatic carbocycles. The minimum absolute atomic E-state index is 0.493. The summed E-state index contributed by atoms with van der Waals surface area (Å²) in [5.41, 5.74) is 2.77. The number of rotatable bonds is 3. The fourth-order valence-corrected chi connectivity index (χ4v) is 1.62. The van der Waals surface area contributed by atoms with E-state index < -0.39 is 0 Å². The van der Waals surface area contributed by atoms with Gasteiger partial charge in [0, 0.05) is 30.1 Å². The monoisotopic (exact) mass is 234 g/mol. The van der Waals surface area contributed by atoms with Crippen LogP contribution in [0.3, 0.4) is 0 Å². The molecule has 0 saturated heterocycles. The van der Waals surface area contributed by atoms with Gasteiger partial charge < -0.3 is 4.74 Å². The van der Waals surface area contributed by atoms with Gasteiger partial charge in [-0.1, -0.05) is 17.7 Å². The maximum absolute atomic E-state index is 6.05. The fraction of sp³-hybridized carbons (Fsp3) is 0.167. The highest BCUT2D eigenvalue weighted by Gasteiger charge is 2.04. The Balaban J connectivity index is 2.40. The van der Waals surface area contributed by atoms with E-state index in [4.69, 9.17) is 16.3 Å². The van der Waals surface area contributed by atoms with Crippen LogP contribution in [0.25, 0.3) is 11.3 Å². The van der Waals surface area contributed by atoms with Gasteiger partial charge in [-0.3, -0.25) is 9.97 Å². The first-order valence-electron chi connectivity index (χ1n) is 4.85. The predicted molar refractivity (Wildman–Crippen MR) is 63.2 cm³/mol. The van der Waals surface area contributed by atoms with E-state index in [-0.39, 0.29) is 0 Å². The van der Waals surface area contributed by atoms with E-state index in [1.807, 2.05) is 18.2 Å². The van der Waals surface area contributed by atoms with Crippen LogP contribution in [0.15, 0.2) is 36.8 Å². The first kappa shape index (κ1) is 11.0. The van der Waals surface area contributed by atoms with Crippen LogP contribution in [0.5, 0.6) is 0 Å². The zero-order valence-corrected chi connectivity index (χ0v) is 9.61. The molecule has 0 aliphatic heterocycles. The topological polar surface area (TPSA) is 35.0 Å². The van der Waals surface area contributed by atoms with Gasteiger partial charge in [0.15, 0.2) is 0 Å². The Hall–Kier alpha value is -1.45. The van der Waals surface area contributed by atoms with Crippen molar-refractivity contribution in [1.82, 2.24) is 9.97 Å². The average molecular weight is 235 g/mol. The van der Waals surface area contributed by atoms with Crippen molar-refractivity contribution in [2.75, 3.05) is 7.11 Å². The molecule has 0 unspecified atom stereocenters. The number of halogens is 1. The summed E-state index contributed by atoms with van der Waals surface area (Å²) < 4.78 is 5.08. The minimum Gasteiger partial charge on any atom is -0.380 e. The van der Waals surface area contributed by atoms with Crippen molar-refractivity contribution in [3.63, 3.8) is 0 Å². The standard InChI is InChI=1S/C12H11ClN2O/c1-16-8-10-6-9(2-3-11(10)13)12-7-14-4-5-15-12/h2-7H,8H2,1H3. The second-order valence-electron chi connectivity index (χ2n) is 3.33. The smallest absolute Gasteiger partial charge is 0.0885 e. The zero-order valence-electron chi connectivity index (χ0n) is 8.85. The number of hydrogen-bond acceptors (Lipinski definition) is 3. The van der Waals surface area contributed by atoms with E-state index in [1.165, 1.54) is 0 Å². The molecule has 0 fully saturated rings. The van der Waals surface area contributed by atoms with Gasteiger partial charge in [0.25, 0.3) is 0 Å². The molecule has 1 aromatic heterocycles. The largest absolute Gasteiger partial charge is 0.380 e. The molecule has 2 rings (SSSR count). The second kappa shape index (κ2) is 5.05. The maximum Gasteiger partial charge on any atom is 0.0885 e. The van der Waals surface area contributed by atoms with Crippen LogP contribution in [0.1, 0.15) is 5.56 Å². The molecule has 0 radical (unpaired) electrons. The molecule has 16 heavy (non-hydrogen) atoms. The lowest BCUT2D eigenvalue weighted by molar-refractivity contribution is 0.185. The van der Waals surface area contributed by atoms with Crippen molar-refractivity contribution in [1.29, 1.82) is 0 Å². The number of ether oxygens (including phenoxy) is 1. The van der Waals surface area contributed by atoms with Crippen LogP contribution in [0, 0.1) is 0 Å². The first-order valence-corrected chi connectivity index (χ1v) is 5.23. The van der Waals surface area contributed by atoms with Gasteiger partial charge in [-0.2, -0.15) is 0 Å². The van der Waals surface area contributed by atoms with Crippen LogP contribution in [-0.4, -0.2) is 17.1 Å². The van der Waals surface area contributed by atoms with Gasteiger partial charge in [0.2, 0.25) is 0 Å². The average Bonchev–Trinajstić information content (AvgIpc) is 2.33. The lowest BCUT2D eigenvalue weighted by Crippen LogP contribution is -1.91. The van der Waals surface area contributed by atoms with E-state index >= 15 is 0 Å². The highest BCUT2D eigenvalue weighted by atomic mass is 35.5. The van der Waals surface area contributed by atoms with Crippen molar-refractivity contribution in [2.45, 2.75) is 6.61 Å². The molecule has 0 spiro atoms. The van der Waals surface area contributed by atoms with Gasteiger partial charge >= 0.3 is 0 Å². The summed E-state index contributed by atoms with van der Waals surface area (Å²) in [7, 11) is 1.64. The number of nitrogens with zero attached hydrogens (tertiary/aromatic N) is 2. The van der Waals surface area contributed by atoms with E-state index in [0.717, 1.165) is 16.8 Å². The van der Waals surface area contributed by atoms with Crippen LogP contribution < -0.4 is 0 Å². The van der Waals surface area contributed by atoms with E-state index in [2.05, 4.69) is 9.97 Å². The van der Waals surface area contributed by atoms with Gasteiger partial charge in [0.1, 0.15) is 0 Å². The van der Waals surface area contributed by atoms with Crippen molar-refractivity contribution in [2.24, 2.45) is 0 Å². The Morgan fingerprint density at radius 2 is 2.19 bits per heavy atom. The highest BCUT2D eigenvalue weighted by Crippen LogP contribution is 2.23. The highest BCUT2D eigenvalue weighted by molar-refractivity contribution is 6.31. The summed E-state index contributed by atoms with van der Waals surface area (Å²) in [6, 6.07) is 5.74. The maximum atomic E-state index is 6.05. The lowest BCUT2D eigenvalue weighted by Gasteiger charge is -2.06. The third-order valence-corrected chi connectivity index (χ3v) is 2.57. The molecular formula is C12H11ClN2O. The first-order chi connectivity index (χ1) is 7.81. The van der Waals surface area contributed by atoms with Crippen LogP contribution >= 0.6 is 11.6 Å². The summed E-state index contributed by atoms with van der Waals surface area (Å²) in [6.07, 6.45) is 5.04. The summed E-state index contributed by atoms with van der Waals surface area (Å²) in [5, 5.41) is 0.703. The number of aromatic nitrogens is 2. The molecule has 0 saturated carbocycles. The summed E-state index contributed by atoms with van der Waals surface area (Å²) in [5.74, 6) is 0. The molecule has 4 heteroatoms. The summed E-state index contributed by atoms with van der Waals surface area (Å²) in [4.78, 5) is 8.27. The third-order valence-electron chi connectivity index (χ3n) is 2.20. The van der Waals surface area contributed by atoms with Crippen molar-refractivity contribution in [3.8, 4) is 11.3 Å². The molecular weight excluding hydrogens is 224 g/mol. The SMILES string of the molecule is COCc1cc(-c2cnccn2)ccc1Cl. The van der Waals surface area contributed by atoms with Crippen molar-refractivity contribution < 1.29 is 4.74 Å². The van der Waals surface area contributed by atoms with Crippen LogP contribution in [-0.2, 0) is 11.3 Å². The number of hydrogen-bond donors (Lipinski definition) is 0. The molecule has 0 amide bonds. The Kier molecular flexibility index (Phi) is 3.49.